The molecule has 0 bridgehead atoms. The lowest BCUT2D eigenvalue weighted by Gasteiger charge is -2.37. The first kappa shape index (κ1) is 9.19. The molecule has 2 heterocycles. The monoisotopic (exact) mass is 222 g/mol. The molecular weight excluding hydrogens is 212 g/mol. The summed E-state index contributed by atoms with van der Waals surface area (Å²) in [6.45, 7) is 1.48. The van der Waals surface area contributed by atoms with Gasteiger partial charge in [-0.05, 0) is 17.7 Å². The summed E-state index contributed by atoms with van der Waals surface area (Å²) in [5.74, 6) is 0.179. The molecule has 3 rings (SSSR count). The van der Waals surface area contributed by atoms with Crippen molar-refractivity contribution in [2.75, 3.05) is 25.0 Å². The van der Waals surface area contributed by atoms with Crippen molar-refractivity contribution < 1.29 is 4.79 Å². The van der Waals surface area contributed by atoms with Gasteiger partial charge < -0.3 is 10.2 Å². The Morgan fingerprint density at radius 3 is 2.80 bits per heavy atom. The van der Waals surface area contributed by atoms with Gasteiger partial charge in [0.15, 0.2) is 0 Å². The van der Waals surface area contributed by atoms with E-state index in [9.17, 15) is 4.79 Å². The summed E-state index contributed by atoms with van der Waals surface area (Å²) in [5, 5.41) is 3.85. The standard InChI is InChI=1S/C11H11ClN2O/c1-14-9-4-7(12)2-3-8(9)11(10(14)15)5-13-6-11/h2-4,13H,5-6H2,1H3. The molecule has 0 radical (unpaired) electrons. The lowest BCUT2D eigenvalue weighted by Crippen LogP contribution is -2.61. The summed E-state index contributed by atoms with van der Waals surface area (Å²) in [6.07, 6.45) is 0. The van der Waals surface area contributed by atoms with Crippen LogP contribution in [0.25, 0.3) is 0 Å². The number of hydrogen-bond donors (Lipinski definition) is 1. The maximum absolute atomic E-state index is 12.1. The van der Waals surface area contributed by atoms with Crippen molar-refractivity contribution in [3.05, 3.63) is 28.8 Å². The second-order valence-corrected chi connectivity index (χ2v) is 4.65. The Hall–Kier alpha value is -1.06. The van der Waals surface area contributed by atoms with E-state index in [1.807, 2.05) is 25.2 Å². The van der Waals surface area contributed by atoms with Gasteiger partial charge in [0.05, 0.1) is 0 Å². The van der Waals surface area contributed by atoms with Crippen LogP contribution in [-0.4, -0.2) is 26.0 Å². The van der Waals surface area contributed by atoms with Crippen LogP contribution in [0.4, 0.5) is 5.69 Å². The molecule has 2 aliphatic rings. The molecule has 2 aliphatic heterocycles. The van der Waals surface area contributed by atoms with Crippen LogP contribution in [0, 0.1) is 0 Å². The third-order valence-electron chi connectivity index (χ3n) is 3.40. The van der Waals surface area contributed by atoms with Gasteiger partial charge in [0.2, 0.25) is 5.91 Å². The largest absolute Gasteiger partial charge is 0.314 e. The topological polar surface area (TPSA) is 32.3 Å². The van der Waals surface area contributed by atoms with E-state index < -0.39 is 0 Å². The van der Waals surface area contributed by atoms with Crippen molar-refractivity contribution in [3.63, 3.8) is 0 Å². The van der Waals surface area contributed by atoms with Gasteiger partial charge in [0, 0.05) is 30.8 Å². The lowest BCUT2D eigenvalue weighted by atomic mass is 9.76. The average Bonchev–Trinajstić information content (AvgIpc) is 2.37. The van der Waals surface area contributed by atoms with Gasteiger partial charge in [-0.2, -0.15) is 0 Å². The molecule has 1 N–H and O–H groups in total. The first-order chi connectivity index (χ1) is 7.15. The Morgan fingerprint density at radius 2 is 2.20 bits per heavy atom. The van der Waals surface area contributed by atoms with Crippen LogP contribution in [0.5, 0.6) is 0 Å². The van der Waals surface area contributed by atoms with Gasteiger partial charge >= 0.3 is 0 Å². The zero-order chi connectivity index (χ0) is 10.6. The van der Waals surface area contributed by atoms with Crippen molar-refractivity contribution in [3.8, 4) is 0 Å². The first-order valence-corrected chi connectivity index (χ1v) is 5.32. The number of rotatable bonds is 0. The van der Waals surface area contributed by atoms with E-state index in [1.165, 1.54) is 0 Å². The number of anilines is 1. The molecule has 78 valence electrons. The molecule has 1 fully saturated rings. The van der Waals surface area contributed by atoms with Gasteiger partial charge in [-0.1, -0.05) is 17.7 Å². The Balaban J connectivity index is 2.22. The van der Waals surface area contributed by atoms with Crippen LogP contribution in [0.3, 0.4) is 0 Å². The first-order valence-electron chi connectivity index (χ1n) is 4.94. The van der Waals surface area contributed by atoms with Crippen LogP contribution >= 0.6 is 11.6 Å². The van der Waals surface area contributed by atoms with Gasteiger partial charge in [-0.15, -0.1) is 0 Å². The molecule has 0 unspecified atom stereocenters. The van der Waals surface area contributed by atoms with Crippen LogP contribution in [-0.2, 0) is 10.2 Å². The van der Waals surface area contributed by atoms with Gasteiger partial charge in [0.1, 0.15) is 5.41 Å². The van der Waals surface area contributed by atoms with E-state index in [-0.39, 0.29) is 11.3 Å². The van der Waals surface area contributed by atoms with Crippen molar-refractivity contribution in [2.45, 2.75) is 5.41 Å². The number of benzene rings is 1. The fourth-order valence-corrected chi connectivity index (χ4v) is 2.62. The predicted octanol–water partition coefficient (Wildman–Crippen LogP) is 1.16. The van der Waals surface area contributed by atoms with E-state index in [4.69, 9.17) is 11.6 Å². The Morgan fingerprint density at radius 1 is 1.47 bits per heavy atom. The highest BCUT2D eigenvalue weighted by atomic mass is 35.5. The molecule has 15 heavy (non-hydrogen) atoms. The number of halogens is 1. The molecule has 4 heteroatoms. The molecule has 0 aliphatic carbocycles. The zero-order valence-corrected chi connectivity index (χ0v) is 9.14. The maximum atomic E-state index is 12.1. The molecule has 1 spiro atoms. The van der Waals surface area contributed by atoms with Crippen molar-refractivity contribution in [1.29, 1.82) is 0 Å². The van der Waals surface area contributed by atoms with E-state index in [0.717, 1.165) is 24.3 Å². The number of carbonyl (C=O) groups is 1. The summed E-state index contributed by atoms with van der Waals surface area (Å²) in [6, 6.07) is 5.69. The summed E-state index contributed by atoms with van der Waals surface area (Å²) >= 11 is 5.94. The highest BCUT2D eigenvalue weighted by molar-refractivity contribution is 6.31. The molecule has 0 aromatic heterocycles. The number of likely N-dealkylation sites (N-methyl/N-ethyl adjacent to an activating group) is 1. The highest BCUT2D eigenvalue weighted by Crippen LogP contribution is 2.44. The summed E-state index contributed by atoms with van der Waals surface area (Å²) in [5.41, 5.74) is 1.75. The van der Waals surface area contributed by atoms with Gasteiger partial charge in [-0.3, -0.25) is 4.79 Å². The number of hydrogen-bond acceptors (Lipinski definition) is 2. The van der Waals surface area contributed by atoms with Crippen molar-refractivity contribution >= 4 is 23.2 Å². The Labute approximate surface area is 93.0 Å². The quantitative estimate of drug-likeness (QED) is 0.715. The minimum absolute atomic E-state index is 0.179. The lowest BCUT2D eigenvalue weighted by molar-refractivity contribution is -0.124. The Kier molecular flexibility index (Phi) is 1.68. The fraction of sp³-hybridized carbons (Fsp3) is 0.364. The van der Waals surface area contributed by atoms with Crippen LogP contribution in [0.2, 0.25) is 5.02 Å². The number of nitrogens with one attached hydrogen (secondary N) is 1. The second kappa shape index (κ2) is 2.74. The van der Waals surface area contributed by atoms with Crippen LogP contribution in [0.1, 0.15) is 5.56 Å². The van der Waals surface area contributed by atoms with E-state index in [2.05, 4.69) is 5.32 Å². The minimum Gasteiger partial charge on any atom is -0.314 e. The normalized spacial score (nSPS) is 21.7. The molecule has 0 atom stereocenters. The van der Waals surface area contributed by atoms with Crippen LogP contribution in [0.15, 0.2) is 18.2 Å². The average molecular weight is 223 g/mol. The van der Waals surface area contributed by atoms with Crippen molar-refractivity contribution in [1.82, 2.24) is 5.32 Å². The highest BCUT2D eigenvalue weighted by Gasteiger charge is 2.53. The summed E-state index contributed by atoms with van der Waals surface area (Å²) in [7, 11) is 1.81. The van der Waals surface area contributed by atoms with Crippen LogP contribution < -0.4 is 10.2 Å². The SMILES string of the molecule is CN1C(=O)C2(CNC2)c2ccc(Cl)cc21. The zero-order valence-electron chi connectivity index (χ0n) is 8.38. The fourth-order valence-electron chi connectivity index (χ4n) is 2.45. The number of amides is 1. The van der Waals surface area contributed by atoms with Gasteiger partial charge in [-0.25, -0.2) is 0 Å². The molecule has 0 saturated carbocycles. The smallest absolute Gasteiger partial charge is 0.240 e. The predicted molar refractivity (Wildman–Crippen MR) is 59.4 cm³/mol. The molecular formula is C11H11ClN2O. The molecule has 1 aromatic carbocycles. The minimum atomic E-state index is -0.311. The number of nitrogens with zero attached hydrogens (tertiary/aromatic N) is 1. The molecule has 1 saturated heterocycles. The molecule has 1 amide bonds. The maximum Gasteiger partial charge on any atom is 0.240 e. The molecule has 3 nitrogen and oxygen atoms in total. The van der Waals surface area contributed by atoms with E-state index in [0.29, 0.717) is 5.02 Å². The number of fused-ring (bicyclic) bond motifs is 2. The third-order valence-corrected chi connectivity index (χ3v) is 3.64. The summed E-state index contributed by atoms with van der Waals surface area (Å²) in [4.78, 5) is 13.8. The third kappa shape index (κ3) is 0.971. The molecule has 1 aromatic rings. The second-order valence-electron chi connectivity index (χ2n) is 4.21. The summed E-state index contributed by atoms with van der Waals surface area (Å²) < 4.78 is 0. The van der Waals surface area contributed by atoms with E-state index in [1.54, 1.807) is 4.90 Å². The van der Waals surface area contributed by atoms with Crippen molar-refractivity contribution in [2.24, 2.45) is 0 Å². The van der Waals surface area contributed by atoms with E-state index >= 15 is 0 Å². The Bertz CT molecular complexity index is 454. The van der Waals surface area contributed by atoms with Gasteiger partial charge in [0.25, 0.3) is 0 Å². The number of carbonyl (C=O) groups excluding carboxylic acids is 1.